The van der Waals surface area contributed by atoms with Crippen LogP contribution in [-0.2, 0) is 16.2 Å². The predicted octanol–water partition coefficient (Wildman–Crippen LogP) is 22.5. The molecule has 0 unspecified atom stereocenters. The molecular weight excluding hydrogens is 1360 g/mol. The van der Waals surface area contributed by atoms with Gasteiger partial charge in [-0.05, 0) is 182 Å². The molecule has 0 fully saturated rings. The Kier molecular flexibility index (Phi) is 11.5. The molecule has 0 aliphatic carbocycles. The zero-order valence-electron chi connectivity index (χ0n) is 79.7. The number of nitrogens with zero attached hydrogens (tertiary/aromatic N) is 3. The van der Waals surface area contributed by atoms with Crippen molar-refractivity contribution in [2.45, 2.75) is 91.7 Å². The van der Waals surface area contributed by atoms with Crippen LogP contribution in [0, 0.1) is 0 Å². The molecule has 5 aliphatic heterocycles. The highest BCUT2D eigenvalue weighted by atomic mass is 28.3. The summed E-state index contributed by atoms with van der Waals surface area (Å²) in [4.78, 5) is 4.22. The van der Waals surface area contributed by atoms with Crippen molar-refractivity contribution in [1.29, 1.82) is 0 Å². The zero-order valence-corrected chi connectivity index (χ0v) is 64.7. The number of fused-ring (bicyclic) bond motifs is 9. The molecule has 532 valence electrons. The summed E-state index contributed by atoms with van der Waals surface area (Å²) in [6.07, 6.45) is 0. The minimum Gasteiger partial charge on any atom is -0.459 e. The molecule has 0 spiro atoms. The Morgan fingerprint density at radius 2 is 0.784 bits per heavy atom. The molecule has 0 atom stereocenters. The fourth-order valence-corrected chi connectivity index (χ4v) is 21.2. The summed E-state index contributed by atoms with van der Waals surface area (Å²) in [5.74, 6) is 0.172. The molecule has 16 aromatic rings. The lowest BCUT2D eigenvalue weighted by Crippen LogP contribution is -2.79. The number of rotatable bonds is 9. The number of para-hydroxylation sites is 1. The molecule has 21 rings (SSSR count). The van der Waals surface area contributed by atoms with E-state index in [0.29, 0.717) is 93.7 Å². The van der Waals surface area contributed by atoms with Gasteiger partial charge >= 0.3 is 0 Å². The molecule has 15 aromatic carbocycles. The Bertz CT molecular complexity index is 7430. The van der Waals surface area contributed by atoms with E-state index in [1.54, 1.807) is 0 Å². The van der Waals surface area contributed by atoms with Crippen LogP contribution in [0.4, 0.5) is 34.1 Å². The molecule has 6 heterocycles. The van der Waals surface area contributed by atoms with E-state index in [9.17, 15) is 20.6 Å². The van der Waals surface area contributed by atoms with Crippen LogP contribution in [0.3, 0.4) is 0 Å². The number of benzene rings is 15. The molecule has 5 aliphatic rings. The number of ether oxygens (including phenoxy) is 1. The molecule has 0 amide bonds. The summed E-state index contributed by atoms with van der Waals surface area (Å²) < 4.78 is 179. The van der Waals surface area contributed by atoms with E-state index in [-0.39, 0.29) is 86.2 Å². The van der Waals surface area contributed by atoms with Crippen LogP contribution in [0.25, 0.3) is 105 Å². The maximum atomic E-state index is 12.6. The van der Waals surface area contributed by atoms with Crippen LogP contribution in [0.5, 0.6) is 11.5 Å². The summed E-state index contributed by atoms with van der Waals surface area (Å²) in [7, 11) is -3.66. The highest BCUT2D eigenvalue weighted by Crippen LogP contribution is 2.57. The van der Waals surface area contributed by atoms with Crippen molar-refractivity contribution in [2.24, 2.45) is 0 Å². The predicted molar refractivity (Wildman–Crippen MR) is 477 cm³/mol. The van der Waals surface area contributed by atoms with Crippen LogP contribution in [-0.4, -0.2) is 26.1 Å². The average Bonchev–Trinajstić information content (AvgIpc) is 1.63. The fourth-order valence-electron chi connectivity index (χ4n) is 18.2. The highest BCUT2D eigenvalue weighted by molar-refractivity contribution is 7.16. The van der Waals surface area contributed by atoms with Gasteiger partial charge in [-0.1, -0.05) is 340 Å². The van der Waals surface area contributed by atoms with E-state index in [4.69, 9.17) is 6.11 Å². The number of aromatic nitrogens is 1. The Morgan fingerprint density at radius 1 is 0.342 bits per heavy atom. The first-order valence-electron chi connectivity index (χ1n) is 46.3. The van der Waals surface area contributed by atoms with Crippen molar-refractivity contribution < 1.29 is 26.7 Å². The lowest BCUT2D eigenvalue weighted by molar-refractivity contribution is 0.491. The van der Waals surface area contributed by atoms with Crippen molar-refractivity contribution in [3.05, 3.63) is 332 Å². The highest BCUT2D eigenvalue weighted by Gasteiger charge is 2.55. The van der Waals surface area contributed by atoms with E-state index < -0.39 is 115 Å². The summed E-state index contributed by atoms with van der Waals surface area (Å²) >= 11 is 0. The molecule has 4 nitrogen and oxygen atoms in total. The van der Waals surface area contributed by atoms with Gasteiger partial charge in [0.2, 0.25) is 0 Å². The second-order valence-electron chi connectivity index (χ2n) is 33.8. The van der Waals surface area contributed by atoms with Gasteiger partial charge in [0, 0.05) is 67.0 Å². The second-order valence-corrected chi connectivity index (χ2v) is 38.0. The topological polar surface area (TPSA) is 20.6 Å². The maximum Gasteiger partial charge on any atom is 0.256 e. The molecule has 0 saturated carbocycles. The first kappa shape index (κ1) is 52.0. The largest absolute Gasteiger partial charge is 0.459 e. The number of hydrogen-bond acceptors (Lipinski definition) is 3. The third-order valence-corrected chi connectivity index (χ3v) is 26.9. The SMILES string of the molecule is [2H]c1c([2H])c([2H])c(-c2c([2H])c([2H])c3c(c2[2H])N(c2c(-c4ccccc4)cc(C(C)(C)C)cc2-c2ccccc2)c2cc(C(C)(C)C)cc4c2B3c2c3c5c(c([2H])c2N4c2c(-c4ccccc4)cc(C(C)(C)C)cc2-c2ccccc2)-n2c4c([2H])c([2H])c([2H])c([2H])c4c4c(-c6ccccc6)c([2H])c6c(c42)B5c2c(c([2H])c(-c4ccccc4)c([2H])c2[Si]6(C)C)O3)c([2H])c1[2H]. The number of anilines is 6. The molecule has 0 radical (unpaired) electrons. The van der Waals surface area contributed by atoms with Gasteiger partial charge in [0.1, 0.15) is 19.6 Å². The van der Waals surface area contributed by atoms with Crippen molar-refractivity contribution in [2.75, 3.05) is 9.80 Å². The van der Waals surface area contributed by atoms with Crippen LogP contribution in [0.2, 0.25) is 13.1 Å². The van der Waals surface area contributed by atoms with Gasteiger partial charge in [0.25, 0.3) is 13.4 Å². The fraction of sp³-hybridized carbons (Fsp3) is 0.135. The summed E-state index contributed by atoms with van der Waals surface area (Å²) in [5.41, 5.74) is 13.0. The van der Waals surface area contributed by atoms with Gasteiger partial charge in [-0.15, -0.1) is 0 Å². The number of hydrogen-bond donors (Lipinski definition) is 0. The van der Waals surface area contributed by atoms with Gasteiger partial charge in [0.15, 0.2) is 0 Å². The van der Waals surface area contributed by atoms with E-state index in [1.165, 1.54) is 0 Å². The molecule has 111 heavy (non-hydrogen) atoms. The normalized spacial score (nSPS) is 16.0. The molecule has 7 heteroatoms. The standard InChI is InChI=1S/C104H85B2N3OSi/c1-102(2,3)73-56-78(67-41-25-15-26-42-67)98(79(57-73)68-43-27-16-28-44-68)108-84-53-71(64-35-19-12-20-36-64)51-52-82(84)105-93-85(108)60-75(104(7,8)9)61-86(93)109(99-80(69-45-29-17-30-46-69)58-74(103(4,5)6)59-81(99)70-47-31-18-32-48-70)87-63-88-95-101(94(87)105)110-89-54-72(65-37-21-13-22-38-65)55-90-96(89)106(95)97-91(111(90,10)11)62-77(66-39-23-14-24-40-66)92-76-49-33-34-50-83(76)107(88)100(92)97/h12-63H,1-11H3/i12D,19D,20D,33D,34D,35D,36D,49D,50D,51D,52D,53D,54D,55D,62D,63D. The minimum atomic E-state index is -3.66. The maximum absolute atomic E-state index is 12.6. The summed E-state index contributed by atoms with van der Waals surface area (Å²) in [6.45, 7) is 21.1. The molecular formula is C104H85B2N3OSi. The lowest BCUT2D eigenvalue weighted by atomic mass is 9.30. The van der Waals surface area contributed by atoms with Gasteiger partial charge in [-0.2, -0.15) is 0 Å². The molecule has 0 saturated heterocycles. The third-order valence-electron chi connectivity index (χ3n) is 23.6. The van der Waals surface area contributed by atoms with Crippen LogP contribution in [0.1, 0.15) is 101 Å². The first-order chi connectivity index (χ1) is 60.5. The second kappa shape index (κ2) is 24.4. The van der Waals surface area contributed by atoms with Gasteiger partial charge in [0.05, 0.1) is 38.8 Å². The quantitative estimate of drug-likeness (QED) is 0.134. The smallest absolute Gasteiger partial charge is 0.256 e. The third kappa shape index (κ3) is 10.1. The van der Waals surface area contributed by atoms with E-state index in [0.717, 1.165) is 50.1 Å². The monoisotopic (exact) mass is 1460 g/mol. The van der Waals surface area contributed by atoms with Gasteiger partial charge in [-0.25, -0.2) is 0 Å². The Hall–Kier alpha value is -12.2. The zero-order chi connectivity index (χ0) is 89.2. The van der Waals surface area contributed by atoms with Crippen molar-refractivity contribution in [3.8, 4) is 95.1 Å². The van der Waals surface area contributed by atoms with E-state index >= 15 is 0 Å². The summed E-state index contributed by atoms with van der Waals surface area (Å²) in [5, 5.41) is 1.68. The first-order valence-corrected chi connectivity index (χ1v) is 41.3. The average molecular weight is 1460 g/mol. The van der Waals surface area contributed by atoms with Crippen molar-refractivity contribution in [1.82, 2.24) is 4.57 Å². The van der Waals surface area contributed by atoms with Gasteiger partial charge in [-0.3, -0.25) is 0 Å². The molecule has 1 aromatic heterocycles. The lowest BCUT2D eigenvalue weighted by Gasteiger charge is -2.49. The Morgan fingerprint density at radius 3 is 1.29 bits per heavy atom. The van der Waals surface area contributed by atoms with Crippen LogP contribution >= 0.6 is 0 Å². The Labute approximate surface area is 676 Å². The minimum absolute atomic E-state index is 0.0138. The summed E-state index contributed by atoms with van der Waals surface area (Å²) in [6, 6.07) is 65.3. The molecule has 0 N–H and O–H groups in total. The van der Waals surface area contributed by atoms with Crippen molar-refractivity contribution in [3.63, 3.8) is 0 Å². The van der Waals surface area contributed by atoms with Crippen molar-refractivity contribution >= 4 is 121 Å². The Balaban J connectivity index is 1.07. The van der Waals surface area contributed by atoms with Crippen LogP contribution < -0.4 is 57.7 Å². The van der Waals surface area contributed by atoms with E-state index in [1.807, 2.05) is 167 Å². The van der Waals surface area contributed by atoms with Gasteiger partial charge < -0.3 is 19.1 Å². The molecule has 0 bridgehead atoms. The van der Waals surface area contributed by atoms with Crippen LogP contribution in [0.15, 0.2) is 315 Å². The van der Waals surface area contributed by atoms with E-state index in [2.05, 4.69) is 141 Å².